The van der Waals surface area contributed by atoms with Crippen LogP contribution in [0.2, 0.25) is 0 Å². The fourth-order valence-corrected chi connectivity index (χ4v) is 4.56. The number of nitro groups is 1. The number of rotatable bonds is 3. The van der Waals surface area contributed by atoms with Crippen molar-refractivity contribution >= 4 is 38.8 Å². The van der Waals surface area contributed by atoms with Gasteiger partial charge in [-0.1, -0.05) is 23.5 Å². The van der Waals surface area contributed by atoms with E-state index in [4.69, 9.17) is 0 Å². The van der Waals surface area contributed by atoms with Gasteiger partial charge >= 0.3 is 0 Å². The zero-order valence-corrected chi connectivity index (χ0v) is 16.3. The number of benzene rings is 2. The van der Waals surface area contributed by atoms with Crippen molar-refractivity contribution in [1.29, 1.82) is 0 Å². The summed E-state index contributed by atoms with van der Waals surface area (Å²) in [6.07, 6.45) is 3.19. The lowest BCUT2D eigenvalue weighted by molar-refractivity contribution is -0.384. The molecule has 3 aromatic rings. The molecular formula is C20H20N4O3S. The second-order valence-corrected chi connectivity index (χ2v) is 7.85. The second-order valence-electron chi connectivity index (χ2n) is 6.84. The maximum absolute atomic E-state index is 12.7. The monoisotopic (exact) mass is 396 g/mol. The van der Waals surface area contributed by atoms with Crippen LogP contribution in [0.25, 0.3) is 10.2 Å². The molecular weight excluding hydrogens is 376 g/mol. The number of nitrogens with zero attached hydrogens (tertiary/aromatic N) is 4. The van der Waals surface area contributed by atoms with E-state index in [-0.39, 0.29) is 11.3 Å². The van der Waals surface area contributed by atoms with Crippen molar-refractivity contribution in [3.8, 4) is 0 Å². The third-order valence-electron chi connectivity index (χ3n) is 5.03. The van der Waals surface area contributed by atoms with E-state index in [0.29, 0.717) is 10.5 Å². The molecule has 1 saturated heterocycles. The second kappa shape index (κ2) is 7.55. The fourth-order valence-electron chi connectivity index (χ4n) is 3.54. The number of amides is 1. The molecule has 1 aliphatic rings. The molecule has 7 nitrogen and oxygen atoms in total. The summed E-state index contributed by atoms with van der Waals surface area (Å²) in [6.45, 7) is 1.60. The molecule has 0 unspecified atom stereocenters. The van der Waals surface area contributed by atoms with Crippen LogP contribution in [0.5, 0.6) is 0 Å². The van der Waals surface area contributed by atoms with E-state index >= 15 is 0 Å². The molecule has 0 radical (unpaired) electrons. The van der Waals surface area contributed by atoms with E-state index in [2.05, 4.69) is 4.99 Å². The van der Waals surface area contributed by atoms with E-state index in [0.717, 1.165) is 42.6 Å². The molecule has 0 atom stereocenters. The van der Waals surface area contributed by atoms with Crippen LogP contribution in [0.1, 0.15) is 29.6 Å². The molecule has 0 aliphatic carbocycles. The van der Waals surface area contributed by atoms with E-state index < -0.39 is 10.8 Å². The number of aryl methyl sites for hydroxylation is 1. The van der Waals surface area contributed by atoms with Gasteiger partial charge in [-0.05, 0) is 43.5 Å². The Bertz CT molecular complexity index is 1130. The highest BCUT2D eigenvalue weighted by molar-refractivity contribution is 7.16. The van der Waals surface area contributed by atoms with Crippen LogP contribution in [0.15, 0.2) is 47.5 Å². The van der Waals surface area contributed by atoms with Gasteiger partial charge in [-0.15, -0.1) is 0 Å². The van der Waals surface area contributed by atoms with Crippen LogP contribution in [0, 0.1) is 10.1 Å². The van der Waals surface area contributed by atoms with E-state index in [1.165, 1.54) is 17.4 Å². The number of para-hydroxylation sites is 1. The predicted octanol–water partition coefficient (Wildman–Crippen LogP) is 3.88. The van der Waals surface area contributed by atoms with Crippen LogP contribution < -0.4 is 9.70 Å². The minimum atomic E-state index is -0.476. The summed E-state index contributed by atoms with van der Waals surface area (Å²) in [7, 11) is 1.85. The number of piperidine rings is 1. The quantitative estimate of drug-likeness (QED) is 0.497. The first-order valence-corrected chi connectivity index (χ1v) is 10.0. The standard InChI is InChI=1S/C20H20N4O3S/c1-22-16-7-3-4-8-18(16)28-20(22)21-19(25)14-9-10-15(17(13-14)24(26)27)23-11-5-2-6-12-23/h3-4,7-10,13H,2,5-6,11-12H2,1H3. The highest BCUT2D eigenvalue weighted by Gasteiger charge is 2.23. The Morgan fingerprint density at radius 1 is 1.14 bits per heavy atom. The van der Waals surface area contributed by atoms with Gasteiger partial charge < -0.3 is 9.47 Å². The maximum atomic E-state index is 12.7. The summed E-state index contributed by atoms with van der Waals surface area (Å²) >= 11 is 1.42. The summed E-state index contributed by atoms with van der Waals surface area (Å²) in [4.78, 5) is 30.7. The zero-order chi connectivity index (χ0) is 19.7. The Morgan fingerprint density at radius 2 is 1.89 bits per heavy atom. The summed E-state index contributed by atoms with van der Waals surface area (Å²) in [6, 6.07) is 12.5. The van der Waals surface area contributed by atoms with Crippen LogP contribution >= 0.6 is 11.3 Å². The van der Waals surface area contributed by atoms with Gasteiger partial charge in [-0.2, -0.15) is 4.99 Å². The topological polar surface area (TPSA) is 80.7 Å². The average Bonchev–Trinajstić information content (AvgIpc) is 3.03. The lowest BCUT2D eigenvalue weighted by atomic mass is 10.1. The first-order valence-electron chi connectivity index (χ1n) is 9.21. The molecule has 8 heteroatoms. The minimum absolute atomic E-state index is 0.0383. The molecule has 4 rings (SSSR count). The van der Waals surface area contributed by atoms with Crippen molar-refractivity contribution in [2.24, 2.45) is 12.0 Å². The number of fused-ring (bicyclic) bond motifs is 1. The number of anilines is 1. The molecule has 1 aliphatic heterocycles. The SMILES string of the molecule is Cn1c(=NC(=O)c2ccc(N3CCCCC3)c([N+](=O)[O-])c2)sc2ccccc21. The molecule has 0 spiro atoms. The van der Waals surface area contributed by atoms with E-state index in [1.54, 1.807) is 12.1 Å². The number of nitro benzene ring substituents is 1. The summed E-state index contributed by atoms with van der Waals surface area (Å²) in [5.74, 6) is -0.476. The van der Waals surface area contributed by atoms with Crippen molar-refractivity contribution < 1.29 is 9.72 Å². The smallest absolute Gasteiger partial charge is 0.293 e. The van der Waals surface area contributed by atoms with Gasteiger partial charge in [0.25, 0.3) is 11.6 Å². The Morgan fingerprint density at radius 3 is 2.61 bits per heavy atom. The number of thiazole rings is 1. The van der Waals surface area contributed by atoms with Crippen molar-refractivity contribution in [1.82, 2.24) is 4.57 Å². The van der Waals surface area contributed by atoms with Crippen LogP contribution in [0.4, 0.5) is 11.4 Å². The van der Waals surface area contributed by atoms with Crippen molar-refractivity contribution in [2.45, 2.75) is 19.3 Å². The number of carbonyl (C=O) groups is 1. The minimum Gasteiger partial charge on any atom is -0.366 e. The van der Waals surface area contributed by atoms with Crippen molar-refractivity contribution in [2.75, 3.05) is 18.0 Å². The largest absolute Gasteiger partial charge is 0.366 e. The maximum Gasteiger partial charge on any atom is 0.293 e. The molecule has 28 heavy (non-hydrogen) atoms. The van der Waals surface area contributed by atoms with E-state index in [9.17, 15) is 14.9 Å². The highest BCUT2D eigenvalue weighted by Crippen LogP contribution is 2.31. The zero-order valence-electron chi connectivity index (χ0n) is 15.5. The fraction of sp³-hybridized carbons (Fsp3) is 0.300. The molecule has 144 valence electrons. The van der Waals surface area contributed by atoms with Gasteiger partial charge in [-0.25, -0.2) is 0 Å². The number of hydrogen-bond acceptors (Lipinski definition) is 5. The van der Waals surface area contributed by atoms with Crippen molar-refractivity contribution in [3.63, 3.8) is 0 Å². The molecule has 0 bridgehead atoms. The molecule has 1 aromatic heterocycles. The van der Waals surface area contributed by atoms with Gasteiger partial charge in [0.2, 0.25) is 0 Å². The summed E-state index contributed by atoms with van der Waals surface area (Å²) in [5, 5.41) is 11.6. The third kappa shape index (κ3) is 3.43. The number of hydrogen-bond donors (Lipinski definition) is 0. The van der Waals surface area contributed by atoms with Crippen LogP contribution in [0.3, 0.4) is 0 Å². The van der Waals surface area contributed by atoms with Gasteiger partial charge in [0.05, 0.1) is 15.1 Å². The molecule has 2 heterocycles. The van der Waals surface area contributed by atoms with Crippen LogP contribution in [-0.2, 0) is 7.05 Å². The van der Waals surface area contributed by atoms with Gasteiger partial charge in [0.15, 0.2) is 4.80 Å². The normalized spacial score (nSPS) is 15.2. The first kappa shape index (κ1) is 18.4. The highest BCUT2D eigenvalue weighted by atomic mass is 32.1. The summed E-state index contributed by atoms with van der Waals surface area (Å²) < 4.78 is 2.89. The Kier molecular flexibility index (Phi) is 4.95. The predicted molar refractivity (Wildman–Crippen MR) is 110 cm³/mol. The molecule has 1 amide bonds. The van der Waals surface area contributed by atoms with Crippen LogP contribution in [-0.4, -0.2) is 28.5 Å². The lowest BCUT2D eigenvalue weighted by Crippen LogP contribution is -2.30. The molecule has 0 N–H and O–H groups in total. The van der Waals surface area contributed by atoms with E-state index in [1.807, 2.05) is 40.8 Å². The Balaban J connectivity index is 1.72. The number of aromatic nitrogens is 1. The Hall–Kier alpha value is -3.00. The van der Waals surface area contributed by atoms with Gasteiger partial charge in [0.1, 0.15) is 5.69 Å². The third-order valence-corrected chi connectivity index (χ3v) is 6.14. The Labute approximate surface area is 165 Å². The molecule has 1 fully saturated rings. The van der Waals surface area contributed by atoms with Gasteiger partial charge in [0, 0.05) is 31.8 Å². The lowest BCUT2D eigenvalue weighted by Gasteiger charge is -2.28. The van der Waals surface area contributed by atoms with Crippen molar-refractivity contribution in [3.05, 3.63) is 62.9 Å². The average molecular weight is 396 g/mol. The first-order chi connectivity index (χ1) is 13.5. The van der Waals surface area contributed by atoms with Gasteiger partial charge in [-0.3, -0.25) is 14.9 Å². The molecule has 2 aromatic carbocycles. The number of carbonyl (C=O) groups excluding carboxylic acids is 1. The summed E-state index contributed by atoms with van der Waals surface area (Å²) in [5.41, 5.74) is 1.76. The molecule has 0 saturated carbocycles.